The molecule has 28 heavy (non-hydrogen) atoms. The van der Waals surface area contributed by atoms with Crippen molar-refractivity contribution < 1.29 is 17.2 Å². The lowest BCUT2D eigenvalue weighted by Crippen LogP contribution is -2.48. The van der Waals surface area contributed by atoms with Crippen molar-refractivity contribution in [1.82, 2.24) is 9.21 Å². The van der Waals surface area contributed by atoms with Crippen LogP contribution >= 0.6 is 0 Å². The molecule has 0 N–H and O–H groups in total. The van der Waals surface area contributed by atoms with Crippen LogP contribution < -0.4 is 0 Å². The quantitative estimate of drug-likeness (QED) is 0.773. The number of hydrogen-bond acceptors (Lipinski definition) is 3. The number of halogens is 2. The highest BCUT2D eigenvalue weighted by Gasteiger charge is 2.29. The first kappa shape index (κ1) is 20.9. The minimum atomic E-state index is -3.82. The topological polar surface area (TPSA) is 40.6 Å². The summed E-state index contributed by atoms with van der Waals surface area (Å²) in [5, 5.41) is 0. The third kappa shape index (κ3) is 4.59. The van der Waals surface area contributed by atoms with Crippen molar-refractivity contribution in [3.05, 3.63) is 65.2 Å². The van der Waals surface area contributed by atoms with E-state index in [0.717, 1.165) is 24.7 Å². The van der Waals surface area contributed by atoms with E-state index < -0.39 is 21.7 Å². The zero-order valence-corrected chi connectivity index (χ0v) is 17.3. The van der Waals surface area contributed by atoms with E-state index >= 15 is 0 Å². The molecule has 3 rings (SSSR count). The molecule has 1 aliphatic heterocycles. The fraction of sp³-hybridized carbons (Fsp3) is 0.429. The molecule has 1 saturated heterocycles. The van der Waals surface area contributed by atoms with Gasteiger partial charge in [0.25, 0.3) is 0 Å². The Morgan fingerprint density at radius 3 is 2.04 bits per heavy atom. The van der Waals surface area contributed by atoms with Crippen LogP contribution in [0.15, 0.2) is 47.4 Å². The first-order valence-electron chi connectivity index (χ1n) is 9.34. The third-order valence-electron chi connectivity index (χ3n) is 5.09. The predicted molar refractivity (Wildman–Crippen MR) is 106 cm³/mol. The number of sulfonamides is 1. The van der Waals surface area contributed by atoms with Crippen molar-refractivity contribution in [2.75, 3.05) is 26.2 Å². The van der Waals surface area contributed by atoms with Gasteiger partial charge in [0.15, 0.2) is 11.6 Å². The molecule has 1 fully saturated rings. The van der Waals surface area contributed by atoms with E-state index in [2.05, 4.69) is 49.9 Å². The van der Waals surface area contributed by atoms with Crippen LogP contribution in [0, 0.1) is 11.6 Å². The highest BCUT2D eigenvalue weighted by molar-refractivity contribution is 7.89. The standard InChI is InChI=1S/C21H26F2N2O2S/c1-21(2,3)17-6-4-16(5-7-17)15-24-10-12-25(13-11-24)28(26,27)18-8-9-19(22)20(23)14-18/h4-9,14H,10-13,15H2,1-3H3. The van der Waals surface area contributed by atoms with E-state index in [9.17, 15) is 17.2 Å². The molecule has 2 aromatic rings. The monoisotopic (exact) mass is 408 g/mol. The SMILES string of the molecule is CC(C)(C)c1ccc(CN2CCN(S(=O)(=O)c3ccc(F)c(F)c3)CC2)cc1. The fourth-order valence-electron chi connectivity index (χ4n) is 3.28. The maximum Gasteiger partial charge on any atom is 0.243 e. The Labute approximate surface area is 165 Å². The maximum atomic E-state index is 13.4. The van der Waals surface area contributed by atoms with Gasteiger partial charge >= 0.3 is 0 Å². The molecule has 0 bridgehead atoms. The number of piperazine rings is 1. The van der Waals surface area contributed by atoms with Gasteiger partial charge in [-0.05, 0) is 34.7 Å². The van der Waals surface area contributed by atoms with Crippen LogP contribution in [0.5, 0.6) is 0 Å². The van der Waals surface area contributed by atoms with Crippen LogP contribution in [0.2, 0.25) is 0 Å². The molecule has 0 unspecified atom stereocenters. The third-order valence-corrected chi connectivity index (χ3v) is 6.98. The molecule has 1 heterocycles. The van der Waals surface area contributed by atoms with E-state index in [4.69, 9.17) is 0 Å². The Morgan fingerprint density at radius 1 is 0.893 bits per heavy atom. The van der Waals surface area contributed by atoms with Gasteiger partial charge in [0.1, 0.15) is 0 Å². The molecular formula is C21H26F2N2O2S. The number of nitrogens with zero attached hydrogens (tertiary/aromatic N) is 2. The van der Waals surface area contributed by atoms with Crippen LogP contribution in [0.1, 0.15) is 31.9 Å². The van der Waals surface area contributed by atoms with Crippen molar-refractivity contribution in [3.63, 3.8) is 0 Å². The van der Waals surface area contributed by atoms with Gasteiger partial charge in [0.2, 0.25) is 10.0 Å². The summed E-state index contributed by atoms with van der Waals surface area (Å²) in [6.45, 7) is 9.10. The lowest BCUT2D eigenvalue weighted by Gasteiger charge is -2.34. The summed E-state index contributed by atoms with van der Waals surface area (Å²) in [6, 6.07) is 11.2. The summed E-state index contributed by atoms with van der Waals surface area (Å²) in [7, 11) is -3.82. The fourth-order valence-corrected chi connectivity index (χ4v) is 4.72. The number of rotatable bonds is 4. The molecule has 2 aromatic carbocycles. The van der Waals surface area contributed by atoms with Gasteiger partial charge in [-0.1, -0.05) is 45.0 Å². The van der Waals surface area contributed by atoms with E-state index in [1.165, 1.54) is 15.4 Å². The van der Waals surface area contributed by atoms with Crippen LogP contribution in [-0.4, -0.2) is 43.8 Å². The maximum absolute atomic E-state index is 13.4. The molecule has 0 atom stereocenters. The molecular weight excluding hydrogens is 382 g/mol. The van der Waals surface area contributed by atoms with Gasteiger partial charge in [-0.3, -0.25) is 4.90 Å². The second-order valence-electron chi connectivity index (χ2n) is 8.20. The zero-order chi connectivity index (χ0) is 20.5. The zero-order valence-electron chi connectivity index (χ0n) is 16.5. The molecule has 0 aromatic heterocycles. The first-order chi connectivity index (χ1) is 13.1. The number of hydrogen-bond donors (Lipinski definition) is 0. The van der Waals surface area contributed by atoms with Crippen LogP contribution in [-0.2, 0) is 22.0 Å². The lowest BCUT2D eigenvalue weighted by atomic mass is 9.87. The Balaban J connectivity index is 1.61. The summed E-state index contributed by atoms with van der Waals surface area (Å²) in [6.07, 6.45) is 0. The molecule has 7 heteroatoms. The predicted octanol–water partition coefficient (Wildman–Crippen LogP) is 3.77. The summed E-state index contributed by atoms with van der Waals surface area (Å²) in [5.74, 6) is -2.21. The normalized spacial score (nSPS) is 17.0. The summed E-state index contributed by atoms with van der Waals surface area (Å²) in [4.78, 5) is 1.99. The van der Waals surface area contributed by atoms with E-state index in [0.29, 0.717) is 26.2 Å². The van der Waals surface area contributed by atoms with Gasteiger partial charge in [-0.2, -0.15) is 4.31 Å². The Morgan fingerprint density at radius 2 is 1.50 bits per heavy atom. The van der Waals surface area contributed by atoms with Gasteiger partial charge in [-0.15, -0.1) is 0 Å². The molecule has 0 spiro atoms. The second-order valence-corrected chi connectivity index (χ2v) is 10.1. The van der Waals surface area contributed by atoms with Gasteiger partial charge in [0.05, 0.1) is 4.90 Å². The van der Waals surface area contributed by atoms with Crippen LogP contribution in [0.3, 0.4) is 0 Å². The van der Waals surface area contributed by atoms with Gasteiger partial charge < -0.3 is 0 Å². The molecule has 4 nitrogen and oxygen atoms in total. The Hall–Kier alpha value is -1.83. The van der Waals surface area contributed by atoms with Crippen molar-refractivity contribution in [2.24, 2.45) is 0 Å². The minimum absolute atomic E-state index is 0.109. The minimum Gasteiger partial charge on any atom is -0.296 e. The lowest BCUT2D eigenvalue weighted by molar-refractivity contribution is 0.181. The van der Waals surface area contributed by atoms with Crippen LogP contribution in [0.25, 0.3) is 0 Å². The van der Waals surface area contributed by atoms with Gasteiger partial charge in [0, 0.05) is 32.7 Å². The number of benzene rings is 2. The Bertz CT molecular complexity index is 930. The van der Waals surface area contributed by atoms with E-state index in [1.54, 1.807) is 0 Å². The average molecular weight is 409 g/mol. The molecule has 0 amide bonds. The molecule has 0 saturated carbocycles. The van der Waals surface area contributed by atoms with Crippen molar-refractivity contribution >= 4 is 10.0 Å². The molecule has 152 valence electrons. The van der Waals surface area contributed by atoms with Crippen LogP contribution in [0.4, 0.5) is 8.78 Å². The highest BCUT2D eigenvalue weighted by Crippen LogP contribution is 2.23. The first-order valence-corrected chi connectivity index (χ1v) is 10.8. The second kappa shape index (κ2) is 7.89. The van der Waals surface area contributed by atoms with Crippen molar-refractivity contribution in [2.45, 2.75) is 37.6 Å². The van der Waals surface area contributed by atoms with E-state index in [-0.39, 0.29) is 10.3 Å². The smallest absolute Gasteiger partial charge is 0.243 e. The average Bonchev–Trinajstić information content (AvgIpc) is 2.64. The Kier molecular flexibility index (Phi) is 5.89. The summed E-state index contributed by atoms with van der Waals surface area (Å²) < 4.78 is 53.2. The molecule has 1 aliphatic rings. The largest absolute Gasteiger partial charge is 0.296 e. The summed E-state index contributed by atoms with van der Waals surface area (Å²) in [5.41, 5.74) is 2.57. The summed E-state index contributed by atoms with van der Waals surface area (Å²) >= 11 is 0. The highest BCUT2D eigenvalue weighted by atomic mass is 32.2. The molecule has 0 aliphatic carbocycles. The molecule has 0 radical (unpaired) electrons. The van der Waals surface area contributed by atoms with Gasteiger partial charge in [-0.25, -0.2) is 17.2 Å². The van der Waals surface area contributed by atoms with Crippen molar-refractivity contribution in [3.8, 4) is 0 Å². The van der Waals surface area contributed by atoms with E-state index in [1.807, 2.05) is 0 Å². The van der Waals surface area contributed by atoms with Crippen molar-refractivity contribution in [1.29, 1.82) is 0 Å².